The fraction of sp³-hybridized carbons (Fsp3) is 0.316. The summed E-state index contributed by atoms with van der Waals surface area (Å²) >= 11 is 0. The number of amides is 1. The highest BCUT2D eigenvalue weighted by Crippen LogP contribution is 2.32. The molecule has 2 heterocycles. The maximum absolute atomic E-state index is 13.2. The first kappa shape index (κ1) is 19.6. The average molecular weight is 421 g/mol. The lowest BCUT2D eigenvalue weighted by molar-refractivity contribution is -0.125. The Bertz CT molecular complexity index is 1030. The summed E-state index contributed by atoms with van der Waals surface area (Å²) in [6.07, 6.45) is 0.217. The average Bonchev–Trinajstić information content (AvgIpc) is 3.16. The highest BCUT2D eigenvalue weighted by molar-refractivity contribution is 7.87. The third kappa shape index (κ3) is 4.04. The van der Waals surface area contributed by atoms with Crippen molar-refractivity contribution in [2.45, 2.75) is 25.0 Å². The van der Waals surface area contributed by atoms with Crippen LogP contribution in [-0.2, 0) is 21.5 Å². The number of carbonyl (C=O) groups is 1. The predicted molar refractivity (Wildman–Crippen MR) is 102 cm³/mol. The Labute approximate surface area is 167 Å². The molecule has 2 unspecified atom stereocenters. The Morgan fingerprint density at radius 1 is 1.21 bits per heavy atom. The molecule has 1 amide bonds. The largest absolute Gasteiger partial charge is 0.454 e. The second-order valence-corrected chi connectivity index (χ2v) is 8.66. The first-order valence-corrected chi connectivity index (χ1v) is 10.4. The normalized spacial score (nSPS) is 23.0. The molecule has 2 aliphatic heterocycles. The number of hydrogen-bond donors (Lipinski definition) is 2. The van der Waals surface area contributed by atoms with Crippen LogP contribution in [0, 0.1) is 5.82 Å². The van der Waals surface area contributed by atoms with Gasteiger partial charge < -0.3 is 14.8 Å². The summed E-state index contributed by atoms with van der Waals surface area (Å²) in [6, 6.07) is 9.35. The van der Waals surface area contributed by atoms with Crippen molar-refractivity contribution >= 4 is 16.1 Å². The maximum Gasteiger partial charge on any atom is 0.280 e. The zero-order chi connectivity index (χ0) is 20.6. The standard InChI is InChI=1S/C19H20FN3O5S/c1-23-16(9-15(22-29(23,25)26)13-3-5-14(20)6-4-13)19(24)21-10-12-2-7-17-18(8-12)28-11-27-17/h2-8,15-16,22H,9-11H2,1H3,(H,21,24). The monoisotopic (exact) mass is 421 g/mol. The minimum absolute atomic E-state index is 0.160. The molecule has 29 heavy (non-hydrogen) atoms. The molecule has 0 aliphatic carbocycles. The van der Waals surface area contributed by atoms with Gasteiger partial charge in [0, 0.05) is 19.6 Å². The van der Waals surface area contributed by atoms with Crippen LogP contribution in [0.5, 0.6) is 11.5 Å². The quantitative estimate of drug-likeness (QED) is 0.779. The van der Waals surface area contributed by atoms with Crippen LogP contribution in [0.15, 0.2) is 42.5 Å². The highest BCUT2D eigenvalue weighted by Gasteiger charge is 2.40. The van der Waals surface area contributed by atoms with Crippen molar-refractivity contribution in [1.82, 2.24) is 14.3 Å². The number of carbonyl (C=O) groups excluding carboxylic acids is 1. The third-order valence-electron chi connectivity index (χ3n) is 5.05. The summed E-state index contributed by atoms with van der Waals surface area (Å²) < 4.78 is 52.3. The van der Waals surface area contributed by atoms with E-state index in [0.29, 0.717) is 17.1 Å². The predicted octanol–water partition coefficient (Wildman–Crippen LogP) is 1.45. The van der Waals surface area contributed by atoms with Crippen LogP contribution in [0.3, 0.4) is 0 Å². The van der Waals surface area contributed by atoms with E-state index in [1.807, 2.05) is 0 Å². The summed E-state index contributed by atoms with van der Waals surface area (Å²) in [4.78, 5) is 12.8. The SMILES string of the molecule is CN1C(C(=O)NCc2ccc3c(c2)OCO3)CC(c2ccc(F)cc2)NS1(=O)=O. The number of hydrogen-bond acceptors (Lipinski definition) is 5. The Hall–Kier alpha value is -2.69. The van der Waals surface area contributed by atoms with E-state index in [-0.39, 0.29) is 19.8 Å². The van der Waals surface area contributed by atoms with E-state index in [1.54, 1.807) is 18.2 Å². The molecule has 8 nitrogen and oxygen atoms in total. The lowest BCUT2D eigenvalue weighted by Gasteiger charge is -2.36. The van der Waals surface area contributed by atoms with Crippen molar-refractivity contribution in [3.63, 3.8) is 0 Å². The Kier molecular flexibility index (Phi) is 5.15. The van der Waals surface area contributed by atoms with Crippen molar-refractivity contribution in [1.29, 1.82) is 0 Å². The fourth-order valence-corrected chi connectivity index (χ4v) is 4.65. The summed E-state index contributed by atoms with van der Waals surface area (Å²) in [5.74, 6) is 0.422. The van der Waals surface area contributed by atoms with Gasteiger partial charge in [0.05, 0.1) is 0 Å². The molecule has 0 bridgehead atoms. The van der Waals surface area contributed by atoms with Crippen molar-refractivity contribution < 1.29 is 27.1 Å². The molecule has 2 aliphatic rings. The Morgan fingerprint density at radius 2 is 1.93 bits per heavy atom. The number of halogens is 1. The van der Waals surface area contributed by atoms with Gasteiger partial charge in [-0.05, 0) is 41.8 Å². The molecule has 2 N–H and O–H groups in total. The van der Waals surface area contributed by atoms with Crippen LogP contribution in [0.2, 0.25) is 0 Å². The lowest BCUT2D eigenvalue weighted by atomic mass is 9.99. The highest BCUT2D eigenvalue weighted by atomic mass is 32.2. The maximum atomic E-state index is 13.2. The van der Waals surface area contributed by atoms with E-state index in [9.17, 15) is 17.6 Å². The molecule has 0 radical (unpaired) electrons. The summed E-state index contributed by atoms with van der Waals surface area (Å²) in [6.45, 7) is 0.377. The van der Waals surface area contributed by atoms with Gasteiger partial charge in [0.15, 0.2) is 11.5 Å². The van der Waals surface area contributed by atoms with E-state index in [2.05, 4.69) is 10.0 Å². The number of nitrogens with zero attached hydrogens (tertiary/aromatic N) is 1. The second kappa shape index (κ2) is 7.62. The van der Waals surface area contributed by atoms with Gasteiger partial charge in [0.2, 0.25) is 12.7 Å². The molecule has 2 atom stereocenters. The minimum Gasteiger partial charge on any atom is -0.454 e. The number of benzene rings is 2. The molecule has 154 valence electrons. The molecule has 1 fully saturated rings. The van der Waals surface area contributed by atoms with Crippen LogP contribution in [0.25, 0.3) is 0 Å². The van der Waals surface area contributed by atoms with E-state index >= 15 is 0 Å². The topological polar surface area (TPSA) is 97.0 Å². The molecular weight excluding hydrogens is 401 g/mol. The van der Waals surface area contributed by atoms with E-state index in [1.165, 1.54) is 31.3 Å². The molecule has 0 aromatic heterocycles. The molecule has 1 saturated heterocycles. The van der Waals surface area contributed by atoms with Crippen molar-refractivity contribution in [2.24, 2.45) is 0 Å². The van der Waals surface area contributed by atoms with E-state index < -0.39 is 34.0 Å². The van der Waals surface area contributed by atoms with Crippen LogP contribution in [-0.4, -0.2) is 38.5 Å². The number of likely N-dealkylation sites (N-methyl/N-ethyl adjacent to an activating group) is 1. The van der Waals surface area contributed by atoms with Gasteiger partial charge in [-0.2, -0.15) is 17.4 Å². The fourth-order valence-electron chi connectivity index (χ4n) is 3.38. The van der Waals surface area contributed by atoms with Gasteiger partial charge in [-0.15, -0.1) is 0 Å². The Balaban J connectivity index is 1.47. The summed E-state index contributed by atoms with van der Waals surface area (Å²) in [7, 11) is -2.51. The van der Waals surface area contributed by atoms with Crippen LogP contribution < -0.4 is 19.5 Å². The molecule has 4 rings (SSSR count). The molecule has 0 saturated carbocycles. The zero-order valence-corrected chi connectivity index (χ0v) is 16.4. The van der Waals surface area contributed by atoms with Crippen molar-refractivity contribution in [3.8, 4) is 11.5 Å². The second-order valence-electron chi connectivity index (χ2n) is 6.90. The smallest absolute Gasteiger partial charge is 0.280 e. The first-order chi connectivity index (χ1) is 13.8. The van der Waals surface area contributed by atoms with Crippen LogP contribution in [0.4, 0.5) is 4.39 Å². The van der Waals surface area contributed by atoms with E-state index in [0.717, 1.165) is 9.87 Å². The van der Waals surface area contributed by atoms with Gasteiger partial charge in [-0.1, -0.05) is 18.2 Å². The van der Waals surface area contributed by atoms with Gasteiger partial charge in [0.1, 0.15) is 11.9 Å². The molecular formula is C19H20FN3O5S. The lowest BCUT2D eigenvalue weighted by Crippen LogP contribution is -2.57. The number of fused-ring (bicyclic) bond motifs is 1. The van der Waals surface area contributed by atoms with Crippen LogP contribution in [0.1, 0.15) is 23.6 Å². The van der Waals surface area contributed by atoms with Gasteiger partial charge >= 0.3 is 0 Å². The molecule has 2 aromatic carbocycles. The number of ether oxygens (including phenoxy) is 2. The van der Waals surface area contributed by atoms with Gasteiger partial charge in [-0.3, -0.25) is 4.79 Å². The van der Waals surface area contributed by atoms with Crippen molar-refractivity contribution in [3.05, 3.63) is 59.4 Å². The summed E-state index contributed by atoms with van der Waals surface area (Å²) in [5.41, 5.74) is 1.40. The zero-order valence-electron chi connectivity index (χ0n) is 15.6. The van der Waals surface area contributed by atoms with E-state index in [4.69, 9.17) is 9.47 Å². The molecule has 10 heteroatoms. The first-order valence-electron chi connectivity index (χ1n) is 9.00. The van der Waals surface area contributed by atoms with Crippen LogP contribution >= 0.6 is 0 Å². The number of nitrogens with one attached hydrogen (secondary N) is 2. The van der Waals surface area contributed by atoms with Gasteiger partial charge in [0.25, 0.3) is 10.2 Å². The third-order valence-corrected chi connectivity index (χ3v) is 6.64. The molecule has 2 aromatic rings. The van der Waals surface area contributed by atoms with Crippen molar-refractivity contribution in [2.75, 3.05) is 13.8 Å². The summed E-state index contributed by atoms with van der Waals surface area (Å²) in [5, 5.41) is 2.78. The molecule has 0 spiro atoms. The number of rotatable bonds is 4. The minimum atomic E-state index is -3.86. The Morgan fingerprint density at radius 3 is 2.69 bits per heavy atom. The van der Waals surface area contributed by atoms with Gasteiger partial charge in [-0.25, -0.2) is 4.39 Å².